The maximum atomic E-state index is 11.4. The molecule has 0 N–H and O–H groups in total. The van der Waals surface area contributed by atoms with E-state index in [0.717, 1.165) is 0 Å². The van der Waals surface area contributed by atoms with Crippen LogP contribution in [0.5, 0.6) is 5.75 Å². The number of nitrogens with zero attached hydrogens (tertiary/aromatic N) is 1. The molecule has 0 aliphatic carbocycles. The largest absolute Gasteiger partial charge is 0.490 e. The molecule has 0 saturated carbocycles. The normalized spacial score (nSPS) is 10.1. The molecule has 0 spiro atoms. The van der Waals surface area contributed by atoms with Crippen LogP contribution in [0.25, 0.3) is 0 Å². The Kier molecular flexibility index (Phi) is 5.57. The molecule has 1 aromatic carbocycles. The van der Waals surface area contributed by atoms with Gasteiger partial charge in [0.2, 0.25) is 0 Å². The van der Waals surface area contributed by atoms with Crippen molar-refractivity contribution in [2.24, 2.45) is 0 Å². The molecule has 6 nitrogen and oxygen atoms in total. The second-order valence-corrected chi connectivity index (χ2v) is 3.93. The molecule has 1 aromatic rings. The van der Waals surface area contributed by atoms with Crippen LogP contribution in [-0.4, -0.2) is 24.6 Å². The predicted molar refractivity (Wildman–Crippen MR) is 69.5 cm³/mol. The van der Waals surface area contributed by atoms with Gasteiger partial charge in [-0.05, 0) is 24.1 Å². The van der Waals surface area contributed by atoms with Gasteiger partial charge in [-0.15, -0.1) is 11.6 Å². The molecule has 7 heteroatoms. The van der Waals surface area contributed by atoms with E-state index in [1.165, 1.54) is 19.2 Å². The number of carbonyl (C=O) groups excluding carboxylic acids is 1. The summed E-state index contributed by atoms with van der Waals surface area (Å²) in [5.41, 5.74) is 0.883. The Morgan fingerprint density at radius 3 is 2.58 bits per heavy atom. The van der Waals surface area contributed by atoms with Crippen molar-refractivity contribution in [3.05, 3.63) is 33.4 Å². The first-order valence-corrected chi connectivity index (χ1v) is 6.12. The van der Waals surface area contributed by atoms with Crippen LogP contribution in [-0.2, 0) is 21.8 Å². The summed E-state index contributed by atoms with van der Waals surface area (Å²) < 4.78 is 9.76. The average molecular weight is 288 g/mol. The van der Waals surface area contributed by atoms with Crippen LogP contribution in [0.2, 0.25) is 0 Å². The monoisotopic (exact) mass is 287 g/mol. The van der Waals surface area contributed by atoms with Gasteiger partial charge in [-0.1, -0.05) is 0 Å². The highest BCUT2D eigenvalue weighted by molar-refractivity contribution is 6.17. The molecule has 0 bridgehead atoms. The molecule has 1 rings (SSSR count). The number of esters is 1. The maximum Gasteiger partial charge on any atom is 0.311 e. The number of benzene rings is 1. The van der Waals surface area contributed by atoms with E-state index < -0.39 is 10.9 Å². The molecule has 0 radical (unpaired) electrons. The lowest BCUT2D eigenvalue weighted by Crippen LogP contribution is -2.10. The molecule has 0 unspecified atom stereocenters. The molecule has 104 valence electrons. The highest BCUT2D eigenvalue weighted by Gasteiger charge is 2.20. The van der Waals surface area contributed by atoms with Crippen LogP contribution < -0.4 is 4.74 Å². The average Bonchev–Trinajstić information content (AvgIpc) is 2.38. The smallest absolute Gasteiger partial charge is 0.311 e. The molecule has 19 heavy (non-hydrogen) atoms. The number of hydrogen-bond acceptors (Lipinski definition) is 5. The first-order valence-electron chi connectivity index (χ1n) is 5.59. The maximum absolute atomic E-state index is 11.4. The molecule has 0 amide bonds. The molecule has 0 fully saturated rings. The van der Waals surface area contributed by atoms with Crippen LogP contribution in [0.1, 0.15) is 18.1 Å². The lowest BCUT2D eigenvalue weighted by molar-refractivity contribution is -0.385. The summed E-state index contributed by atoms with van der Waals surface area (Å²) in [6, 6.07) is 2.77. The van der Waals surface area contributed by atoms with Crippen molar-refractivity contribution in [1.82, 2.24) is 0 Å². The zero-order valence-corrected chi connectivity index (χ0v) is 11.4. The molecular weight excluding hydrogens is 274 g/mol. The number of hydrogen-bond donors (Lipinski definition) is 0. The third-order valence-electron chi connectivity index (χ3n) is 2.48. The van der Waals surface area contributed by atoms with Crippen LogP contribution in [0.15, 0.2) is 12.1 Å². The predicted octanol–water partition coefficient (Wildman–Crippen LogP) is 2.45. The number of methoxy groups -OCH3 is 1. The van der Waals surface area contributed by atoms with Gasteiger partial charge in [0, 0.05) is 11.9 Å². The van der Waals surface area contributed by atoms with E-state index in [1.54, 1.807) is 6.92 Å². The minimum absolute atomic E-state index is 0.0548. The van der Waals surface area contributed by atoms with E-state index in [0.29, 0.717) is 11.1 Å². The van der Waals surface area contributed by atoms with Crippen molar-refractivity contribution in [2.75, 3.05) is 13.7 Å². The number of alkyl halides is 1. The van der Waals surface area contributed by atoms with Crippen LogP contribution in [0.3, 0.4) is 0 Å². The number of carbonyl (C=O) groups is 1. The quantitative estimate of drug-likeness (QED) is 0.347. The fourth-order valence-electron chi connectivity index (χ4n) is 1.62. The van der Waals surface area contributed by atoms with Gasteiger partial charge >= 0.3 is 11.7 Å². The van der Waals surface area contributed by atoms with Gasteiger partial charge in [0.1, 0.15) is 0 Å². The second-order valence-electron chi connectivity index (χ2n) is 3.67. The van der Waals surface area contributed by atoms with Gasteiger partial charge < -0.3 is 9.47 Å². The van der Waals surface area contributed by atoms with E-state index in [2.05, 4.69) is 0 Å². The summed E-state index contributed by atoms with van der Waals surface area (Å²) >= 11 is 5.78. The van der Waals surface area contributed by atoms with Crippen molar-refractivity contribution in [2.45, 2.75) is 19.2 Å². The van der Waals surface area contributed by atoms with Crippen LogP contribution in [0, 0.1) is 10.1 Å². The van der Waals surface area contributed by atoms with Gasteiger partial charge in [0.15, 0.2) is 5.75 Å². The van der Waals surface area contributed by atoms with Crippen molar-refractivity contribution in [3.8, 4) is 5.75 Å². The van der Waals surface area contributed by atoms with E-state index in [4.69, 9.17) is 21.1 Å². The molecule has 0 saturated heterocycles. The van der Waals surface area contributed by atoms with Crippen molar-refractivity contribution in [1.29, 1.82) is 0 Å². The Labute approximate surface area is 115 Å². The van der Waals surface area contributed by atoms with E-state index >= 15 is 0 Å². The van der Waals surface area contributed by atoms with Gasteiger partial charge in [0.05, 0.1) is 25.1 Å². The molecular formula is C12H14ClNO5. The molecule has 0 aromatic heterocycles. The van der Waals surface area contributed by atoms with Gasteiger partial charge in [0.25, 0.3) is 0 Å². The third-order valence-corrected chi connectivity index (χ3v) is 2.77. The molecule has 0 heterocycles. The summed E-state index contributed by atoms with van der Waals surface area (Å²) in [6.07, 6.45) is -0.0548. The van der Waals surface area contributed by atoms with Gasteiger partial charge in [-0.25, -0.2) is 0 Å². The van der Waals surface area contributed by atoms with E-state index in [9.17, 15) is 14.9 Å². The zero-order valence-electron chi connectivity index (χ0n) is 10.6. The minimum atomic E-state index is -0.564. The number of nitro groups is 1. The SMILES string of the molecule is CCOC(=O)Cc1cc([N+](=O)[O-])c(OC)cc1CCl. The summed E-state index contributed by atoms with van der Waals surface area (Å²) in [4.78, 5) is 21.8. The Bertz CT molecular complexity index is 489. The number of nitro benzene ring substituents is 1. The van der Waals surface area contributed by atoms with Crippen molar-refractivity contribution < 1.29 is 19.2 Å². The summed E-state index contributed by atoms with van der Waals surface area (Å²) in [6.45, 7) is 1.95. The van der Waals surface area contributed by atoms with Crippen LogP contribution >= 0.6 is 11.6 Å². The highest BCUT2D eigenvalue weighted by Crippen LogP contribution is 2.31. The van der Waals surface area contributed by atoms with Crippen LogP contribution in [0.4, 0.5) is 5.69 Å². The summed E-state index contributed by atoms with van der Waals surface area (Å²) in [7, 11) is 1.34. The van der Waals surface area contributed by atoms with E-state index in [-0.39, 0.29) is 30.3 Å². The summed E-state index contributed by atoms with van der Waals surface area (Å²) in [5.74, 6) is -0.204. The molecule has 0 aliphatic heterocycles. The third kappa shape index (κ3) is 3.82. The van der Waals surface area contributed by atoms with Crippen molar-refractivity contribution in [3.63, 3.8) is 0 Å². The first-order chi connectivity index (χ1) is 9.03. The Hall–Kier alpha value is -1.82. The van der Waals surface area contributed by atoms with E-state index in [1.807, 2.05) is 0 Å². The fraction of sp³-hybridized carbons (Fsp3) is 0.417. The van der Waals surface area contributed by atoms with Gasteiger partial charge in [-0.2, -0.15) is 0 Å². The topological polar surface area (TPSA) is 78.7 Å². The molecule has 0 atom stereocenters. The molecule has 0 aliphatic rings. The Balaban J connectivity index is 3.18. The van der Waals surface area contributed by atoms with Gasteiger partial charge in [-0.3, -0.25) is 14.9 Å². The fourth-order valence-corrected chi connectivity index (χ4v) is 1.87. The Morgan fingerprint density at radius 2 is 2.11 bits per heavy atom. The highest BCUT2D eigenvalue weighted by atomic mass is 35.5. The first kappa shape index (κ1) is 15.2. The number of halogens is 1. The van der Waals surface area contributed by atoms with Crippen molar-refractivity contribution >= 4 is 23.3 Å². The lowest BCUT2D eigenvalue weighted by Gasteiger charge is -2.09. The second kappa shape index (κ2) is 6.94. The minimum Gasteiger partial charge on any atom is -0.490 e. The number of ether oxygens (including phenoxy) is 2. The number of rotatable bonds is 6. The standard InChI is InChI=1S/C12H14ClNO5/c1-3-19-12(15)6-8-4-10(14(16)17)11(18-2)5-9(8)7-13/h4-5H,3,6-7H2,1-2H3. The Morgan fingerprint density at radius 1 is 1.42 bits per heavy atom. The lowest BCUT2D eigenvalue weighted by atomic mass is 10.0. The zero-order chi connectivity index (χ0) is 14.4. The summed E-state index contributed by atoms with van der Waals surface area (Å²) in [5, 5.41) is 10.9.